The molecule has 0 aromatic heterocycles. The van der Waals surface area contributed by atoms with Gasteiger partial charge in [-0.3, -0.25) is 10.1 Å². The molecule has 112 valence electrons. The van der Waals surface area contributed by atoms with Gasteiger partial charge in [0.15, 0.2) is 6.10 Å². The van der Waals surface area contributed by atoms with Crippen LogP contribution in [0.5, 0.6) is 0 Å². The minimum absolute atomic E-state index is 0.0177. The second-order valence-electron chi connectivity index (χ2n) is 4.75. The van der Waals surface area contributed by atoms with Crippen LogP contribution in [0.1, 0.15) is 13.8 Å². The predicted octanol–water partition coefficient (Wildman–Crippen LogP) is 3.05. The molecule has 1 atom stereocenters. The van der Waals surface area contributed by atoms with E-state index in [4.69, 9.17) is 27.9 Å². The number of amidine groups is 1. The van der Waals surface area contributed by atoms with E-state index in [0.717, 1.165) is 0 Å². The Morgan fingerprint density at radius 3 is 2.67 bits per heavy atom. The van der Waals surface area contributed by atoms with Crippen molar-refractivity contribution in [1.29, 1.82) is 0 Å². The van der Waals surface area contributed by atoms with Gasteiger partial charge >= 0.3 is 12.1 Å². The van der Waals surface area contributed by atoms with Gasteiger partial charge in [0.05, 0.1) is 10.0 Å². The molecule has 1 aliphatic rings. The fourth-order valence-electron chi connectivity index (χ4n) is 1.69. The van der Waals surface area contributed by atoms with Gasteiger partial charge in [-0.05, 0) is 24.1 Å². The lowest BCUT2D eigenvalue weighted by Gasteiger charge is -2.09. The second-order valence-corrected chi connectivity index (χ2v) is 5.56. The number of carbonyl (C=O) groups excluding carboxylic acids is 2. The first-order valence-corrected chi connectivity index (χ1v) is 6.94. The molecule has 6 nitrogen and oxygen atoms in total. The molecule has 2 rings (SSSR count). The van der Waals surface area contributed by atoms with Crippen molar-refractivity contribution in [2.45, 2.75) is 20.0 Å². The Morgan fingerprint density at radius 1 is 1.38 bits per heavy atom. The molecule has 0 saturated carbocycles. The van der Waals surface area contributed by atoms with Gasteiger partial charge in [0.25, 0.3) is 5.91 Å². The van der Waals surface area contributed by atoms with Gasteiger partial charge in [-0.25, -0.2) is 4.79 Å². The molecule has 1 fully saturated rings. The molecule has 0 unspecified atom stereocenters. The number of anilines is 1. The Kier molecular flexibility index (Phi) is 4.69. The van der Waals surface area contributed by atoms with Gasteiger partial charge in [0.2, 0.25) is 0 Å². The molecule has 3 amide bonds. The summed E-state index contributed by atoms with van der Waals surface area (Å²) in [5.41, 5.74) is 0.434. The molecule has 1 aromatic rings. The lowest BCUT2D eigenvalue weighted by atomic mass is 10.1. The molecule has 8 heteroatoms. The number of urea groups is 1. The fraction of sp³-hybridized carbons (Fsp3) is 0.308. The van der Waals surface area contributed by atoms with Crippen molar-refractivity contribution in [2.75, 3.05) is 5.32 Å². The predicted molar refractivity (Wildman–Crippen MR) is 80.8 cm³/mol. The lowest BCUT2D eigenvalue weighted by Crippen LogP contribution is -2.28. The Balaban J connectivity index is 2.03. The maximum Gasteiger partial charge on any atom is 0.349 e. The minimum Gasteiger partial charge on any atom is -0.451 e. The standard InChI is InChI=1S/C13H13Cl2N3O3/c1-6(2)10-11(19)17-13(21-10)18-12(20)16-7-3-4-8(14)9(15)5-7/h3-6,10H,1-2H3,(H2,16,17,18,19,20)/t10-/m1/s1. The third kappa shape index (κ3) is 3.86. The highest BCUT2D eigenvalue weighted by Gasteiger charge is 2.33. The summed E-state index contributed by atoms with van der Waals surface area (Å²) >= 11 is 11.6. The smallest absolute Gasteiger partial charge is 0.349 e. The molecule has 0 bridgehead atoms. The lowest BCUT2D eigenvalue weighted by molar-refractivity contribution is -0.124. The van der Waals surface area contributed by atoms with Gasteiger partial charge in [-0.2, -0.15) is 0 Å². The van der Waals surface area contributed by atoms with E-state index in [1.54, 1.807) is 12.1 Å². The number of amides is 3. The zero-order chi connectivity index (χ0) is 15.6. The van der Waals surface area contributed by atoms with E-state index in [1.165, 1.54) is 6.07 Å². The van der Waals surface area contributed by atoms with Gasteiger partial charge in [0, 0.05) is 5.69 Å². The Bertz CT molecular complexity index is 617. The fourth-order valence-corrected chi connectivity index (χ4v) is 1.99. The summed E-state index contributed by atoms with van der Waals surface area (Å²) in [6, 6.07) is 3.82. The Labute approximate surface area is 131 Å². The number of nitrogens with zero attached hydrogens (tertiary/aromatic N) is 1. The monoisotopic (exact) mass is 329 g/mol. The highest BCUT2D eigenvalue weighted by molar-refractivity contribution is 6.42. The molecule has 21 heavy (non-hydrogen) atoms. The summed E-state index contributed by atoms with van der Waals surface area (Å²) in [4.78, 5) is 27.0. The first-order valence-electron chi connectivity index (χ1n) is 6.19. The first-order chi connectivity index (χ1) is 9.86. The number of rotatable bonds is 2. The topological polar surface area (TPSA) is 79.8 Å². The van der Waals surface area contributed by atoms with Crippen molar-refractivity contribution in [3.8, 4) is 0 Å². The summed E-state index contributed by atoms with van der Waals surface area (Å²) in [6.07, 6.45) is -0.637. The first kappa shape index (κ1) is 15.6. The minimum atomic E-state index is -0.687. The van der Waals surface area contributed by atoms with Crippen LogP contribution in [0.2, 0.25) is 10.0 Å². The number of benzene rings is 1. The largest absolute Gasteiger partial charge is 0.451 e. The van der Waals surface area contributed by atoms with E-state index in [1.807, 2.05) is 13.8 Å². The number of hydrogen-bond donors (Lipinski definition) is 2. The van der Waals surface area contributed by atoms with Crippen LogP contribution in [0, 0.1) is 5.92 Å². The Hall–Kier alpha value is -1.79. The van der Waals surface area contributed by atoms with Crippen molar-refractivity contribution in [2.24, 2.45) is 10.9 Å². The average molecular weight is 330 g/mol. The average Bonchev–Trinajstić information content (AvgIpc) is 2.75. The van der Waals surface area contributed by atoms with Crippen molar-refractivity contribution in [3.05, 3.63) is 28.2 Å². The number of hydrogen-bond acceptors (Lipinski definition) is 3. The Morgan fingerprint density at radius 2 is 2.10 bits per heavy atom. The number of carbonyl (C=O) groups is 2. The number of halogens is 2. The second kappa shape index (κ2) is 6.32. The van der Waals surface area contributed by atoms with E-state index in [-0.39, 0.29) is 17.8 Å². The van der Waals surface area contributed by atoms with Crippen LogP contribution in [-0.2, 0) is 9.53 Å². The van der Waals surface area contributed by atoms with E-state index in [9.17, 15) is 9.59 Å². The maximum atomic E-state index is 11.7. The SMILES string of the molecule is CC(C)[C@H]1O/C(=N/C(=O)Nc2ccc(Cl)c(Cl)c2)NC1=O. The van der Waals surface area contributed by atoms with Crippen LogP contribution in [0.3, 0.4) is 0 Å². The molecular weight excluding hydrogens is 317 g/mol. The van der Waals surface area contributed by atoms with E-state index < -0.39 is 12.1 Å². The molecule has 0 radical (unpaired) electrons. The zero-order valence-electron chi connectivity index (χ0n) is 11.3. The van der Waals surface area contributed by atoms with Crippen molar-refractivity contribution < 1.29 is 14.3 Å². The summed E-state index contributed by atoms with van der Waals surface area (Å²) < 4.78 is 5.27. The normalized spacial score (nSPS) is 19.6. The summed E-state index contributed by atoms with van der Waals surface area (Å²) in [5.74, 6) is -0.332. The van der Waals surface area contributed by atoms with Gasteiger partial charge < -0.3 is 10.1 Å². The molecular formula is C13H13Cl2N3O3. The third-order valence-electron chi connectivity index (χ3n) is 2.71. The van der Waals surface area contributed by atoms with E-state index in [2.05, 4.69) is 15.6 Å². The van der Waals surface area contributed by atoms with Gasteiger partial charge in [-0.1, -0.05) is 37.0 Å². The summed E-state index contributed by atoms with van der Waals surface area (Å²) in [6.45, 7) is 3.67. The highest BCUT2D eigenvalue weighted by Crippen LogP contribution is 2.25. The van der Waals surface area contributed by atoms with Crippen molar-refractivity contribution in [1.82, 2.24) is 5.32 Å². The number of aliphatic imine (C=N–C) groups is 1. The van der Waals surface area contributed by atoms with E-state index in [0.29, 0.717) is 15.7 Å². The number of nitrogens with one attached hydrogen (secondary N) is 2. The van der Waals surface area contributed by atoms with Crippen LogP contribution < -0.4 is 10.6 Å². The van der Waals surface area contributed by atoms with Gasteiger partial charge in [-0.15, -0.1) is 4.99 Å². The molecule has 1 saturated heterocycles. The molecule has 0 spiro atoms. The molecule has 1 aromatic carbocycles. The summed E-state index contributed by atoms with van der Waals surface area (Å²) in [7, 11) is 0. The van der Waals surface area contributed by atoms with Gasteiger partial charge in [0.1, 0.15) is 0 Å². The molecule has 1 heterocycles. The van der Waals surface area contributed by atoms with Crippen LogP contribution in [-0.4, -0.2) is 24.1 Å². The molecule has 2 N–H and O–H groups in total. The highest BCUT2D eigenvalue weighted by atomic mass is 35.5. The molecule has 1 aliphatic heterocycles. The van der Waals surface area contributed by atoms with E-state index >= 15 is 0 Å². The van der Waals surface area contributed by atoms with Crippen LogP contribution >= 0.6 is 23.2 Å². The zero-order valence-corrected chi connectivity index (χ0v) is 12.8. The van der Waals surface area contributed by atoms with Crippen molar-refractivity contribution in [3.63, 3.8) is 0 Å². The van der Waals surface area contributed by atoms with Crippen LogP contribution in [0.4, 0.5) is 10.5 Å². The van der Waals surface area contributed by atoms with Crippen LogP contribution in [0.25, 0.3) is 0 Å². The number of ether oxygens (including phenoxy) is 1. The quantitative estimate of drug-likeness (QED) is 0.875. The third-order valence-corrected chi connectivity index (χ3v) is 3.45. The maximum absolute atomic E-state index is 11.7. The summed E-state index contributed by atoms with van der Waals surface area (Å²) in [5, 5.41) is 5.59. The van der Waals surface area contributed by atoms with Crippen LogP contribution in [0.15, 0.2) is 23.2 Å². The molecule has 0 aliphatic carbocycles. The van der Waals surface area contributed by atoms with Crippen molar-refractivity contribution >= 4 is 46.8 Å².